The molecule has 1 fully saturated rings. The molecule has 2 N–H and O–H groups in total. The maximum Gasteiger partial charge on any atom is 0.229 e. The summed E-state index contributed by atoms with van der Waals surface area (Å²) in [6, 6.07) is 0.311. The number of hydrogen-bond acceptors (Lipinski definition) is 5. The van der Waals surface area contributed by atoms with Crippen molar-refractivity contribution < 1.29 is 4.52 Å². The molecule has 0 aromatic carbocycles. The van der Waals surface area contributed by atoms with E-state index >= 15 is 0 Å². The van der Waals surface area contributed by atoms with Crippen molar-refractivity contribution in [1.82, 2.24) is 10.1 Å². The molecule has 0 aliphatic heterocycles. The van der Waals surface area contributed by atoms with Crippen molar-refractivity contribution in [2.24, 2.45) is 5.73 Å². The number of hydrogen-bond donors (Lipinski definition) is 1. The molecule has 0 unspecified atom stereocenters. The Labute approximate surface area is 100 Å². The Morgan fingerprint density at radius 1 is 1.50 bits per heavy atom. The summed E-state index contributed by atoms with van der Waals surface area (Å²) >= 11 is 1.83. The minimum Gasteiger partial charge on any atom is -0.339 e. The summed E-state index contributed by atoms with van der Waals surface area (Å²) in [7, 11) is 0. The van der Waals surface area contributed by atoms with Crippen LogP contribution in [0.3, 0.4) is 0 Å². The highest BCUT2D eigenvalue weighted by molar-refractivity contribution is 7.99. The summed E-state index contributed by atoms with van der Waals surface area (Å²) in [5, 5.41) is 4.61. The number of aromatic nitrogens is 2. The molecule has 1 heterocycles. The molecule has 0 radical (unpaired) electrons. The van der Waals surface area contributed by atoms with Crippen molar-refractivity contribution in [2.75, 3.05) is 0 Å². The van der Waals surface area contributed by atoms with Crippen LogP contribution >= 0.6 is 11.8 Å². The first kappa shape index (κ1) is 11.9. The molecule has 1 aliphatic carbocycles. The van der Waals surface area contributed by atoms with E-state index in [4.69, 9.17) is 10.3 Å². The second kappa shape index (κ2) is 5.19. The molecule has 1 saturated carbocycles. The Morgan fingerprint density at radius 2 is 2.31 bits per heavy atom. The van der Waals surface area contributed by atoms with Crippen LogP contribution in [0.1, 0.15) is 50.7 Å². The van der Waals surface area contributed by atoms with Gasteiger partial charge in [-0.15, -0.1) is 0 Å². The minimum atomic E-state index is 0.311. The molecule has 16 heavy (non-hydrogen) atoms. The summed E-state index contributed by atoms with van der Waals surface area (Å²) in [5.41, 5.74) is 5.87. The average molecular weight is 241 g/mol. The maximum absolute atomic E-state index is 5.87. The zero-order chi connectivity index (χ0) is 11.5. The number of nitrogens with zero attached hydrogens (tertiary/aromatic N) is 2. The van der Waals surface area contributed by atoms with Crippen LogP contribution in [0.4, 0.5) is 0 Å². The summed E-state index contributed by atoms with van der Waals surface area (Å²) < 4.78 is 5.30. The lowest BCUT2D eigenvalue weighted by Gasteiger charge is -2.01. The van der Waals surface area contributed by atoms with Crippen LogP contribution < -0.4 is 5.73 Å². The number of rotatable bonds is 4. The third-order valence-electron chi connectivity index (χ3n) is 2.85. The molecule has 4 nitrogen and oxygen atoms in total. The van der Waals surface area contributed by atoms with Crippen molar-refractivity contribution in [3.05, 3.63) is 11.7 Å². The van der Waals surface area contributed by atoms with Crippen molar-refractivity contribution in [3.8, 4) is 0 Å². The van der Waals surface area contributed by atoms with Gasteiger partial charge in [-0.05, 0) is 24.5 Å². The van der Waals surface area contributed by atoms with Crippen LogP contribution in [0.15, 0.2) is 4.52 Å². The molecule has 1 aromatic rings. The van der Waals surface area contributed by atoms with Gasteiger partial charge in [-0.1, -0.05) is 19.0 Å². The molecule has 0 amide bonds. The Kier molecular flexibility index (Phi) is 3.86. The second-order valence-electron chi connectivity index (χ2n) is 4.68. The number of nitrogens with two attached hydrogens (primary N) is 1. The molecular weight excluding hydrogens is 222 g/mol. The van der Waals surface area contributed by atoms with E-state index < -0.39 is 0 Å². The average Bonchev–Trinajstić information content (AvgIpc) is 2.83. The molecule has 2 atom stereocenters. The molecule has 1 aromatic heterocycles. The van der Waals surface area contributed by atoms with E-state index in [0.29, 0.717) is 17.2 Å². The van der Waals surface area contributed by atoms with Gasteiger partial charge in [0.15, 0.2) is 5.82 Å². The highest BCUT2D eigenvalue weighted by atomic mass is 32.2. The molecule has 0 bridgehead atoms. The third-order valence-corrected chi connectivity index (χ3v) is 3.94. The first-order chi connectivity index (χ1) is 7.65. The van der Waals surface area contributed by atoms with E-state index in [1.807, 2.05) is 11.8 Å². The Balaban J connectivity index is 1.91. The van der Waals surface area contributed by atoms with Gasteiger partial charge >= 0.3 is 0 Å². The zero-order valence-electron chi connectivity index (χ0n) is 9.85. The summed E-state index contributed by atoms with van der Waals surface area (Å²) in [5.74, 6) is 2.82. The van der Waals surface area contributed by atoms with Crippen LogP contribution in [0.2, 0.25) is 0 Å². The predicted octanol–water partition coefficient (Wildman–Crippen LogP) is 2.31. The minimum absolute atomic E-state index is 0.311. The molecule has 2 rings (SSSR count). The predicted molar refractivity (Wildman–Crippen MR) is 65.3 cm³/mol. The summed E-state index contributed by atoms with van der Waals surface area (Å²) in [6.07, 6.45) is 3.14. The molecule has 0 spiro atoms. The van der Waals surface area contributed by atoms with E-state index in [1.165, 1.54) is 0 Å². The van der Waals surface area contributed by atoms with Crippen molar-refractivity contribution in [3.63, 3.8) is 0 Å². The Bertz CT molecular complexity index is 340. The monoisotopic (exact) mass is 241 g/mol. The normalized spacial score (nSPS) is 25.5. The first-order valence-electron chi connectivity index (χ1n) is 5.85. The highest BCUT2D eigenvalue weighted by Crippen LogP contribution is 2.32. The summed E-state index contributed by atoms with van der Waals surface area (Å²) in [4.78, 5) is 4.44. The molecule has 5 heteroatoms. The maximum atomic E-state index is 5.87. The molecule has 0 saturated heterocycles. The van der Waals surface area contributed by atoms with E-state index in [9.17, 15) is 0 Å². The summed E-state index contributed by atoms with van der Waals surface area (Å²) in [6.45, 7) is 4.34. The smallest absolute Gasteiger partial charge is 0.229 e. The third kappa shape index (κ3) is 2.98. The largest absolute Gasteiger partial charge is 0.339 e. The van der Waals surface area contributed by atoms with Gasteiger partial charge in [0.05, 0.1) is 5.75 Å². The standard InChI is InChI=1S/C11H19N3OS/c1-7(2)16-6-10-13-11(15-14-10)8-3-4-9(12)5-8/h7-9H,3-6,12H2,1-2H3/t8-,9+/m1/s1. The van der Waals surface area contributed by atoms with Gasteiger partial charge in [0.2, 0.25) is 5.89 Å². The lowest BCUT2D eigenvalue weighted by molar-refractivity contribution is 0.350. The molecule has 1 aliphatic rings. The number of thioether (sulfide) groups is 1. The topological polar surface area (TPSA) is 64.9 Å². The first-order valence-corrected chi connectivity index (χ1v) is 6.89. The van der Waals surface area contributed by atoms with E-state index in [0.717, 1.165) is 36.7 Å². The lowest BCUT2D eigenvalue weighted by atomic mass is 10.1. The van der Waals surface area contributed by atoms with Crippen LogP contribution in [-0.2, 0) is 5.75 Å². The fourth-order valence-corrected chi connectivity index (χ4v) is 2.57. The molecular formula is C11H19N3OS. The highest BCUT2D eigenvalue weighted by Gasteiger charge is 2.27. The van der Waals surface area contributed by atoms with Crippen LogP contribution in [0.25, 0.3) is 0 Å². The lowest BCUT2D eigenvalue weighted by Crippen LogP contribution is -2.14. The Morgan fingerprint density at radius 3 is 2.94 bits per heavy atom. The van der Waals surface area contributed by atoms with Gasteiger partial charge in [0.1, 0.15) is 0 Å². The quantitative estimate of drug-likeness (QED) is 0.876. The van der Waals surface area contributed by atoms with Crippen LogP contribution in [0.5, 0.6) is 0 Å². The van der Waals surface area contributed by atoms with Gasteiger partial charge < -0.3 is 10.3 Å². The second-order valence-corrected chi connectivity index (χ2v) is 6.24. The SMILES string of the molecule is CC(C)SCc1noc([C@@H]2CC[C@H](N)C2)n1. The van der Waals surface area contributed by atoms with E-state index in [-0.39, 0.29) is 0 Å². The van der Waals surface area contributed by atoms with Gasteiger partial charge in [-0.3, -0.25) is 0 Å². The van der Waals surface area contributed by atoms with Gasteiger partial charge in [-0.2, -0.15) is 16.7 Å². The van der Waals surface area contributed by atoms with Crippen LogP contribution in [0, 0.1) is 0 Å². The van der Waals surface area contributed by atoms with Crippen LogP contribution in [-0.4, -0.2) is 21.4 Å². The zero-order valence-corrected chi connectivity index (χ0v) is 10.7. The van der Waals surface area contributed by atoms with Gasteiger partial charge in [0, 0.05) is 12.0 Å². The van der Waals surface area contributed by atoms with Gasteiger partial charge in [0.25, 0.3) is 0 Å². The Hall–Kier alpha value is -0.550. The van der Waals surface area contributed by atoms with E-state index in [2.05, 4.69) is 24.0 Å². The fourth-order valence-electron chi connectivity index (χ4n) is 1.97. The van der Waals surface area contributed by atoms with Crippen molar-refractivity contribution >= 4 is 11.8 Å². The van der Waals surface area contributed by atoms with Crippen molar-refractivity contribution in [2.45, 2.75) is 56.1 Å². The van der Waals surface area contributed by atoms with E-state index in [1.54, 1.807) is 0 Å². The van der Waals surface area contributed by atoms with Crippen molar-refractivity contribution in [1.29, 1.82) is 0 Å². The fraction of sp³-hybridized carbons (Fsp3) is 0.818. The molecule has 90 valence electrons. The van der Waals surface area contributed by atoms with Gasteiger partial charge in [-0.25, -0.2) is 0 Å².